The molecule has 1 saturated carbocycles. The van der Waals surface area contributed by atoms with Crippen molar-refractivity contribution < 1.29 is 4.74 Å². The Balaban J connectivity index is 1.96. The highest BCUT2D eigenvalue weighted by Crippen LogP contribution is 2.41. The summed E-state index contributed by atoms with van der Waals surface area (Å²) in [7, 11) is 3.77. The lowest BCUT2D eigenvalue weighted by Crippen LogP contribution is -2.30. The Morgan fingerprint density at radius 3 is 2.44 bits per heavy atom. The summed E-state index contributed by atoms with van der Waals surface area (Å²) in [6, 6.07) is 9.03. The molecule has 1 fully saturated rings. The molecule has 1 aliphatic carbocycles. The van der Waals surface area contributed by atoms with E-state index in [0.29, 0.717) is 6.04 Å². The Morgan fingerprint density at radius 2 is 2.00 bits per heavy atom. The fraction of sp³-hybridized carbons (Fsp3) is 0.571. The van der Waals surface area contributed by atoms with Crippen molar-refractivity contribution in [1.29, 1.82) is 0 Å². The van der Waals surface area contributed by atoms with E-state index in [1.807, 2.05) is 12.1 Å². The average molecular weight is 219 g/mol. The molecule has 1 aromatic rings. The first-order chi connectivity index (χ1) is 7.74. The second-order valence-electron chi connectivity index (χ2n) is 4.82. The van der Waals surface area contributed by atoms with E-state index in [1.165, 1.54) is 12.0 Å². The lowest BCUT2D eigenvalue weighted by molar-refractivity contribution is 0.414. The summed E-state index contributed by atoms with van der Waals surface area (Å²) in [6.45, 7) is 2.34. The summed E-state index contributed by atoms with van der Waals surface area (Å²) in [6.07, 6.45) is 2.50. The summed E-state index contributed by atoms with van der Waals surface area (Å²) >= 11 is 0. The van der Waals surface area contributed by atoms with E-state index in [0.717, 1.165) is 24.0 Å². The molecule has 2 nitrogen and oxygen atoms in total. The molecule has 0 amide bonds. The monoisotopic (exact) mass is 219 g/mol. The van der Waals surface area contributed by atoms with E-state index in [1.54, 1.807) is 7.11 Å². The topological polar surface area (TPSA) is 21.3 Å². The van der Waals surface area contributed by atoms with Crippen LogP contribution >= 0.6 is 0 Å². The zero-order valence-electron chi connectivity index (χ0n) is 10.4. The second-order valence-corrected chi connectivity index (χ2v) is 4.82. The molecule has 0 radical (unpaired) electrons. The Morgan fingerprint density at radius 1 is 1.38 bits per heavy atom. The van der Waals surface area contributed by atoms with E-state index in [2.05, 4.69) is 31.4 Å². The van der Waals surface area contributed by atoms with Gasteiger partial charge in [-0.3, -0.25) is 0 Å². The van der Waals surface area contributed by atoms with Crippen LogP contribution in [0.2, 0.25) is 0 Å². The zero-order valence-corrected chi connectivity index (χ0v) is 10.4. The van der Waals surface area contributed by atoms with Crippen molar-refractivity contribution in [3.05, 3.63) is 29.8 Å². The van der Waals surface area contributed by atoms with Gasteiger partial charge in [0, 0.05) is 6.04 Å². The van der Waals surface area contributed by atoms with Crippen molar-refractivity contribution in [2.45, 2.75) is 25.8 Å². The van der Waals surface area contributed by atoms with Crippen LogP contribution in [0.1, 0.15) is 18.9 Å². The van der Waals surface area contributed by atoms with Crippen LogP contribution in [-0.2, 0) is 6.42 Å². The van der Waals surface area contributed by atoms with Crippen molar-refractivity contribution >= 4 is 0 Å². The number of ether oxygens (including phenoxy) is 1. The largest absolute Gasteiger partial charge is 0.497 e. The van der Waals surface area contributed by atoms with Gasteiger partial charge in [-0.2, -0.15) is 0 Å². The van der Waals surface area contributed by atoms with Crippen molar-refractivity contribution in [2.24, 2.45) is 11.8 Å². The third-order valence-electron chi connectivity index (χ3n) is 3.67. The Bertz CT molecular complexity index is 333. The molecular formula is C14H21NO. The van der Waals surface area contributed by atoms with E-state index in [-0.39, 0.29) is 0 Å². The molecular weight excluding hydrogens is 198 g/mol. The maximum Gasteiger partial charge on any atom is 0.118 e. The Labute approximate surface area is 98.0 Å². The number of hydrogen-bond acceptors (Lipinski definition) is 2. The van der Waals surface area contributed by atoms with Gasteiger partial charge in [0.1, 0.15) is 5.75 Å². The standard InChI is InChI=1S/C14H21NO/c1-10-8-13(10)14(15-2)9-11-4-6-12(16-3)7-5-11/h4-7,10,13-15H,8-9H2,1-3H3. The molecule has 0 aromatic heterocycles. The van der Waals surface area contributed by atoms with Crippen LogP contribution in [0.25, 0.3) is 0 Å². The van der Waals surface area contributed by atoms with Gasteiger partial charge in [0.15, 0.2) is 0 Å². The summed E-state index contributed by atoms with van der Waals surface area (Å²) in [5.41, 5.74) is 1.39. The molecule has 0 heterocycles. The number of methoxy groups -OCH3 is 1. The average Bonchev–Trinajstić information content (AvgIpc) is 3.04. The number of hydrogen-bond donors (Lipinski definition) is 1. The summed E-state index contributed by atoms with van der Waals surface area (Å²) in [4.78, 5) is 0. The lowest BCUT2D eigenvalue weighted by atomic mass is 10.0. The third-order valence-corrected chi connectivity index (χ3v) is 3.67. The molecule has 1 N–H and O–H groups in total. The molecule has 2 rings (SSSR count). The van der Waals surface area contributed by atoms with Crippen molar-refractivity contribution in [1.82, 2.24) is 5.32 Å². The van der Waals surface area contributed by atoms with Crippen molar-refractivity contribution in [3.8, 4) is 5.75 Å². The number of benzene rings is 1. The molecule has 1 aromatic carbocycles. The summed E-state index contributed by atoms with van der Waals surface area (Å²) in [5.74, 6) is 2.70. The molecule has 1 aliphatic rings. The highest BCUT2D eigenvalue weighted by molar-refractivity contribution is 5.27. The van der Waals surface area contributed by atoms with Gasteiger partial charge in [-0.15, -0.1) is 0 Å². The van der Waals surface area contributed by atoms with Gasteiger partial charge in [-0.25, -0.2) is 0 Å². The summed E-state index contributed by atoms with van der Waals surface area (Å²) < 4.78 is 5.16. The summed E-state index contributed by atoms with van der Waals surface area (Å²) in [5, 5.41) is 3.44. The van der Waals surface area contributed by atoms with Gasteiger partial charge in [0.05, 0.1) is 7.11 Å². The van der Waals surface area contributed by atoms with E-state index < -0.39 is 0 Å². The lowest BCUT2D eigenvalue weighted by Gasteiger charge is -2.16. The minimum absolute atomic E-state index is 0.628. The minimum Gasteiger partial charge on any atom is -0.497 e. The smallest absolute Gasteiger partial charge is 0.118 e. The Kier molecular flexibility index (Phi) is 3.49. The van der Waals surface area contributed by atoms with Gasteiger partial charge in [0.2, 0.25) is 0 Å². The van der Waals surface area contributed by atoms with Crippen LogP contribution in [0.5, 0.6) is 5.75 Å². The fourth-order valence-electron chi connectivity index (χ4n) is 2.39. The first kappa shape index (κ1) is 11.5. The molecule has 0 bridgehead atoms. The zero-order chi connectivity index (χ0) is 11.5. The molecule has 0 saturated heterocycles. The highest BCUT2D eigenvalue weighted by Gasteiger charge is 2.38. The number of likely N-dealkylation sites (N-methyl/N-ethyl adjacent to an activating group) is 1. The van der Waals surface area contributed by atoms with Crippen molar-refractivity contribution in [2.75, 3.05) is 14.2 Å². The predicted molar refractivity (Wildman–Crippen MR) is 66.8 cm³/mol. The van der Waals surface area contributed by atoms with E-state index in [9.17, 15) is 0 Å². The molecule has 3 unspecified atom stereocenters. The maximum atomic E-state index is 5.16. The van der Waals surface area contributed by atoms with Crippen LogP contribution in [0.15, 0.2) is 24.3 Å². The highest BCUT2D eigenvalue weighted by atomic mass is 16.5. The Hall–Kier alpha value is -1.02. The van der Waals surface area contributed by atoms with Crippen LogP contribution in [0, 0.1) is 11.8 Å². The predicted octanol–water partition coefficient (Wildman–Crippen LogP) is 2.48. The van der Waals surface area contributed by atoms with Crippen LogP contribution < -0.4 is 10.1 Å². The maximum absolute atomic E-state index is 5.16. The third kappa shape index (κ3) is 2.56. The molecule has 2 heteroatoms. The van der Waals surface area contributed by atoms with Crippen LogP contribution in [-0.4, -0.2) is 20.2 Å². The fourth-order valence-corrected chi connectivity index (χ4v) is 2.39. The molecule has 88 valence electrons. The van der Waals surface area contributed by atoms with Gasteiger partial charge in [-0.1, -0.05) is 19.1 Å². The first-order valence-electron chi connectivity index (χ1n) is 6.04. The van der Waals surface area contributed by atoms with Crippen LogP contribution in [0.4, 0.5) is 0 Å². The molecule has 16 heavy (non-hydrogen) atoms. The van der Waals surface area contributed by atoms with Gasteiger partial charge in [0.25, 0.3) is 0 Å². The number of rotatable bonds is 5. The first-order valence-corrected chi connectivity index (χ1v) is 6.04. The van der Waals surface area contributed by atoms with Gasteiger partial charge >= 0.3 is 0 Å². The molecule has 3 atom stereocenters. The van der Waals surface area contributed by atoms with Gasteiger partial charge in [-0.05, 0) is 49.4 Å². The molecule has 0 aliphatic heterocycles. The van der Waals surface area contributed by atoms with Crippen LogP contribution in [0.3, 0.4) is 0 Å². The SMILES string of the molecule is CNC(Cc1ccc(OC)cc1)C1CC1C. The number of nitrogens with one attached hydrogen (secondary N) is 1. The molecule has 0 spiro atoms. The van der Waals surface area contributed by atoms with E-state index >= 15 is 0 Å². The normalized spacial score (nSPS) is 25.2. The quantitative estimate of drug-likeness (QED) is 0.821. The van der Waals surface area contributed by atoms with Crippen molar-refractivity contribution in [3.63, 3.8) is 0 Å². The van der Waals surface area contributed by atoms with Gasteiger partial charge < -0.3 is 10.1 Å². The minimum atomic E-state index is 0.628. The van der Waals surface area contributed by atoms with E-state index in [4.69, 9.17) is 4.74 Å². The second kappa shape index (κ2) is 4.88.